The van der Waals surface area contributed by atoms with Crippen LogP contribution in [0.1, 0.15) is 17.5 Å². The number of phenolic OH excluding ortho intramolecular Hbond substituents is 1. The molecule has 1 N–H and O–H groups in total. The molecule has 0 unspecified atom stereocenters. The molecule has 0 spiro atoms. The van der Waals surface area contributed by atoms with Gasteiger partial charge in [0.05, 0.1) is 13.7 Å². The quantitative estimate of drug-likeness (QED) is 0.858. The van der Waals surface area contributed by atoms with Crippen molar-refractivity contribution in [3.63, 3.8) is 0 Å². The predicted molar refractivity (Wildman–Crippen MR) is 68.3 cm³/mol. The zero-order valence-corrected chi connectivity index (χ0v) is 10.7. The molecule has 1 heterocycles. The van der Waals surface area contributed by atoms with Crippen molar-refractivity contribution >= 4 is 5.97 Å². The summed E-state index contributed by atoms with van der Waals surface area (Å²) in [6, 6.07) is 8.01. The highest BCUT2D eigenvalue weighted by Gasteiger charge is 2.14. The molecule has 0 fully saturated rings. The number of carbonyl (C=O) groups is 1. The van der Waals surface area contributed by atoms with Gasteiger partial charge in [-0.1, -0.05) is 0 Å². The van der Waals surface area contributed by atoms with Gasteiger partial charge in [0, 0.05) is 5.56 Å². The van der Waals surface area contributed by atoms with Gasteiger partial charge in [-0.2, -0.15) is 0 Å². The van der Waals surface area contributed by atoms with Crippen molar-refractivity contribution in [1.82, 2.24) is 0 Å². The van der Waals surface area contributed by atoms with Crippen molar-refractivity contribution in [3.8, 4) is 22.8 Å². The van der Waals surface area contributed by atoms with Crippen LogP contribution in [0.4, 0.5) is 0 Å². The molecule has 100 valence electrons. The van der Waals surface area contributed by atoms with E-state index in [0.717, 1.165) is 0 Å². The summed E-state index contributed by atoms with van der Waals surface area (Å²) in [5, 5.41) is 9.52. The van der Waals surface area contributed by atoms with Gasteiger partial charge in [-0.25, -0.2) is 4.79 Å². The number of esters is 1. The number of rotatable bonds is 4. The monoisotopic (exact) mass is 262 g/mol. The Morgan fingerprint density at radius 3 is 2.79 bits per heavy atom. The summed E-state index contributed by atoms with van der Waals surface area (Å²) in [4.78, 5) is 11.5. The van der Waals surface area contributed by atoms with Crippen LogP contribution in [0.15, 0.2) is 34.7 Å². The molecule has 1 aromatic carbocycles. The summed E-state index contributed by atoms with van der Waals surface area (Å²) < 4.78 is 15.3. The van der Waals surface area contributed by atoms with Crippen molar-refractivity contribution in [2.24, 2.45) is 0 Å². The number of hydrogen-bond acceptors (Lipinski definition) is 5. The van der Waals surface area contributed by atoms with Gasteiger partial charge in [0.1, 0.15) is 5.76 Å². The summed E-state index contributed by atoms with van der Waals surface area (Å²) in [6.45, 7) is 2.02. The minimum Gasteiger partial charge on any atom is -0.504 e. The second kappa shape index (κ2) is 5.48. The molecule has 0 amide bonds. The highest BCUT2D eigenvalue weighted by molar-refractivity contribution is 5.87. The third kappa shape index (κ3) is 2.70. The first-order chi connectivity index (χ1) is 9.15. The summed E-state index contributed by atoms with van der Waals surface area (Å²) in [5.74, 6) is 0.528. The molecule has 0 atom stereocenters. The van der Waals surface area contributed by atoms with Crippen LogP contribution in [-0.4, -0.2) is 24.8 Å². The highest BCUT2D eigenvalue weighted by atomic mass is 16.5. The molecule has 0 saturated carbocycles. The molecule has 0 saturated heterocycles. The molecule has 0 bridgehead atoms. The summed E-state index contributed by atoms with van der Waals surface area (Å²) in [5.41, 5.74) is 0.699. The van der Waals surface area contributed by atoms with E-state index in [1.807, 2.05) is 0 Å². The minimum atomic E-state index is -0.500. The number of furan rings is 1. The fraction of sp³-hybridized carbons (Fsp3) is 0.214. The van der Waals surface area contributed by atoms with E-state index < -0.39 is 5.97 Å². The maximum Gasteiger partial charge on any atom is 0.374 e. The van der Waals surface area contributed by atoms with E-state index in [4.69, 9.17) is 13.9 Å². The molecule has 0 radical (unpaired) electrons. The number of carbonyl (C=O) groups excluding carboxylic acids is 1. The van der Waals surface area contributed by atoms with E-state index >= 15 is 0 Å². The number of ether oxygens (including phenoxy) is 2. The van der Waals surface area contributed by atoms with Crippen LogP contribution < -0.4 is 4.74 Å². The lowest BCUT2D eigenvalue weighted by Crippen LogP contribution is -2.02. The first kappa shape index (κ1) is 13.0. The summed E-state index contributed by atoms with van der Waals surface area (Å²) >= 11 is 0. The average molecular weight is 262 g/mol. The molecule has 2 aromatic rings. The fourth-order valence-corrected chi connectivity index (χ4v) is 1.64. The molecule has 2 rings (SSSR count). The van der Waals surface area contributed by atoms with E-state index in [9.17, 15) is 9.90 Å². The minimum absolute atomic E-state index is 0.0448. The first-order valence-electron chi connectivity index (χ1n) is 5.80. The van der Waals surface area contributed by atoms with Crippen LogP contribution >= 0.6 is 0 Å². The Hall–Kier alpha value is -2.43. The number of aromatic hydroxyl groups is 1. The Bertz CT molecular complexity index is 585. The lowest BCUT2D eigenvalue weighted by atomic mass is 10.1. The Labute approximate surface area is 110 Å². The maximum atomic E-state index is 11.5. The van der Waals surface area contributed by atoms with E-state index in [1.165, 1.54) is 13.2 Å². The van der Waals surface area contributed by atoms with E-state index in [1.54, 1.807) is 31.2 Å². The Morgan fingerprint density at radius 1 is 1.32 bits per heavy atom. The van der Waals surface area contributed by atoms with Crippen molar-refractivity contribution in [1.29, 1.82) is 0 Å². The highest BCUT2D eigenvalue weighted by Crippen LogP contribution is 2.32. The second-order valence-corrected chi connectivity index (χ2v) is 3.77. The van der Waals surface area contributed by atoms with Gasteiger partial charge in [0.2, 0.25) is 5.76 Å². The van der Waals surface area contributed by atoms with Gasteiger partial charge in [-0.15, -0.1) is 0 Å². The van der Waals surface area contributed by atoms with Crippen molar-refractivity contribution < 1.29 is 23.8 Å². The van der Waals surface area contributed by atoms with Gasteiger partial charge in [0.15, 0.2) is 11.5 Å². The summed E-state index contributed by atoms with van der Waals surface area (Å²) in [7, 11) is 1.46. The van der Waals surface area contributed by atoms with E-state index in [-0.39, 0.29) is 11.5 Å². The maximum absolute atomic E-state index is 11.5. The van der Waals surface area contributed by atoms with Gasteiger partial charge in [-0.05, 0) is 37.3 Å². The average Bonchev–Trinajstić information content (AvgIpc) is 2.89. The van der Waals surface area contributed by atoms with Crippen LogP contribution in [0.5, 0.6) is 11.5 Å². The van der Waals surface area contributed by atoms with Crippen LogP contribution in [0.3, 0.4) is 0 Å². The predicted octanol–water partition coefficient (Wildman–Crippen LogP) is 2.84. The summed E-state index contributed by atoms with van der Waals surface area (Å²) in [6.07, 6.45) is 0. The molecule has 19 heavy (non-hydrogen) atoms. The lowest BCUT2D eigenvalue weighted by molar-refractivity contribution is 0.0491. The molecule has 0 aliphatic carbocycles. The lowest BCUT2D eigenvalue weighted by Gasteiger charge is -2.04. The molecule has 0 aliphatic rings. The van der Waals surface area contributed by atoms with Crippen molar-refractivity contribution in [3.05, 3.63) is 36.1 Å². The first-order valence-corrected chi connectivity index (χ1v) is 5.80. The van der Waals surface area contributed by atoms with E-state index in [2.05, 4.69) is 0 Å². The fourth-order valence-electron chi connectivity index (χ4n) is 1.64. The Balaban J connectivity index is 2.30. The molecule has 0 aliphatic heterocycles. The van der Waals surface area contributed by atoms with Crippen molar-refractivity contribution in [2.45, 2.75) is 6.92 Å². The number of methoxy groups -OCH3 is 1. The SMILES string of the molecule is CCOC(=O)c1ccc(-c2ccc(O)c(OC)c2)o1. The number of hydrogen-bond donors (Lipinski definition) is 1. The Morgan fingerprint density at radius 2 is 2.11 bits per heavy atom. The van der Waals surface area contributed by atoms with Gasteiger partial charge in [0.25, 0.3) is 0 Å². The topological polar surface area (TPSA) is 68.9 Å². The standard InChI is InChI=1S/C14H14O5/c1-3-18-14(16)12-7-6-11(19-12)9-4-5-10(15)13(8-9)17-2/h4-8,15H,3H2,1-2H3. The third-order valence-corrected chi connectivity index (χ3v) is 2.55. The van der Waals surface area contributed by atoms with E-state index in [0.29, 0.717) is 23.7 Å². The van der Waals surface area contributed by atoms with Crippen molar-refractivity contribution in [2.75, 3.05) is 13.7 Å². The smallest absolute Gasteiger partial charge is 0.374 e. The number of phenols is 1. The van der Waals surface area contributed by atoms with Gasteiger partial charge in [-0.3, -0.25) is 0 Å². The zero-order valence-electron chi connectivity index (χ0n) is 10.7. The normalized spacial score (nSPS) is 10.2. The van der Waals surface area contributed by atoms with Gasteiger partial charge >= 0.3 is 5.97 Å². The molecular formula is C14H14O5. The van der Waals surface area contributed by atoms with Crippen LogP contribution in [0.2, 0.25) is 0 Å². The molecule has 5 nitrogen and oxygen atoms in total. The van der Waals surface area contributed by atoms with Crippen LogP contribution in [0.25, 0.3) is 11.3 Å². The third-order valence-electron chi connectivity index (χ3n) is 2.55. The van der Waals surface area contributed by atoms with Gasteiger partial charge < -0.3 is 19.0 Å². The zero-order chi connectivity index (χ0) is 13.8. The molecule has 1 aromatic heterocycles. The molecule has 5 heteroatoms. The Kier molecular flexibility index (Phi) is 3.75. The van der Waals surface area contributed by atoms with Crippen LogP contribution in [-0.2, 0) is 4.74 Å². The molecular weight excluding hydrogens is 248 g/mol. The van der Waals surface area contributed by atoms with Crippen LogP contribution in [0, 0.1) is 0 Å². The second-order valence-electron chi connectivity index (χ2n) is 3.77. The number of benzene rings is 1. The largest absolute Gasteiger partial charge is 0.504 e.